The Labute approximate surface area is 139 Å². The van der Waals surface area contributed by atoms with Crippen LogP contribution in [-0.4, -0.2) is 16.1 Å². The van der Waals surface area contributed by atoms with E-state index in [9.17, 15) is 9.90 Å². The second kappa shape index (κ2) is 5.78. The van der Waals surface area contributed by atoms with E-state index in [2.05, 4.69) is 4.98 Å². The minimum atomic E-state index is -0.910. The molecular formula is C21H15NO2. The minimum Gasteiger partial charge on any atom is -0.478 e. The Hall–Kier alpha value is -3.20. The number of para-hydroxylation sites is 1. The average molecular weight is 313 g/mol. The van der Waals surface area contributed by atoms with Crippen molar-refractivity contribution in [3.63, 3.8) is 0 Å². The highest BCUT2D eigenvalue weighted by Gasteiger charge is 2.12. The normalized spacial score (nSPS) is 11.0. The van der Waals surface area contributed by atoms with E-state index in [4.69, 9.17) is 0 Å². The van der Waals surface area contributed by atoms with Gasteiger partial charge in [-0.2, -0.15) is 0 Å². The fourth-order valence-corrected chi connectivity index (χ4v) is 3.12. The van der Waals surface area contributed by atoms with Gasteiger partial charge >= 0.3 is 5.97 Å². The summed E-state index contributed by atoms with van der Waals surface area (Å²) in [6.45, 7) is 0. The number of carboxylic acids is 1. The largest absolute Gasteiger partial charge is 0.478 e. The van der Waals surface area contributed by atoms with Crippen molar-refractivity contribution in [2.75, 3.05) is 0 Å². The molecule has 0 radical (unpaired) electrons. The number of carboxylic acid groups (broad SMARTS) is 1. The first-order valence-corrected chi connectivity index (χ1v) is 7.80. The third-order valence-electron chi connectivity index (χ3n) is 4.28. The SMILES string of the molecule is O=C(O)c1cc(Cc2ccccc2)c2cnc3ccccc3c2c1. The molecule has 0 aliphatic carbocycles. The first-order valence-electron chi connectivity index (χ1n) is 7.80. The van der Waals surface area contributed by atoms with Gasteiger partial charge in [0.05, 0.1) is 11.1 Å². The van der Waals surface area contributed by atoms with Crippen molar-refractivity contribution < 1.29 is 9.90 Å². The molecule has 0 aliphatic rings. The van der Waals surface area contributed by atoms with E-state index in [1.165, 1.54) is 0 Å². The molecule has 0 unspecified atom stereocenters. The van der Waals surface area contributed by atoms with E-state index >= 15 is 0 Å². The van der Waals surface area contributed by atoms with Gasteiger partial charge in [0.2, 0.25) is 0 Å². The summed E-state index contributed by atoms with van der Waals surface area (Å²) in [7, 11) is 0. The molecule has 0 atom stereocenters. The van der Waals surface area contributed by atoms with Crippen LogP contribution < -0.4 is 0 Å². The summed E-state index contributed by atoms with van der Waals surface area (Å²) >= 11 is 0. The molecule has 0 bridgehead atoms. The molecule has 3 nitrogen and oxygen atoms in total. The Morgan fingerprint density at radius 2 is 1.62 bits per heavy atom. The molecule has 116 valence electrons. The summed E-state index contributed by atoms with van der Waals surface area (Å²) in [6.07, 6.45) is 2.53. The van der Waals surface area contributed by atoms with Gasteiger partial charge in [-0.15, -0.1) is 0 Å². The Kier molecular flexibility index (Phi) is 3.47. The highest BCUT2D eigenvalue weighted by Crippen LogP contribution is 2.29. The van der Waals surface area contributed by atoms with Crippen LogP contribution in [0.3, 0.4) is 0 Å². The van der Waals surface area contributed by atoms with E-state index in [1.54, 1.807) is 12.1 Å². The lowest BCUT2D eigenvalue weighted by Gasteiger charge is -2.11. The van der Waals surface area contributed by atoms with Crippen molar-refractivity contribution >= 4 is 27.6 Å². The second-order valence-corrected chi connectivity index (χ2v) is 5.84. The van der Waals surface area contributed by atoms with Crippen molar-refractivity contribution in [2.24, 2.45) is 0 Å². The number of carbonyl (C=O) groups is 1. The number of nitrogens with zero attached hydrogens (tertiary/aromatic N) is 1. The zero-order valence-electron chi connectivity index (χ0n) is 12.9. The van der Waals surface area contributed by atoms with E-state index < -0.39 is 5.97 Å². The van der Waals surface area contributed by atoms with Crippen LogP contribution >= 0.6 is 0 Å². The number of hydrogen-bond donors (Lipinski definition) is 1. The van der Waals surface area contributed by atoms with E-state index in [0.29, 0.717) is 12.0 Å². The van der Waals surface area contributed by atoms with Crippen molar-refractivity contribution in [1.29, 1.82) is 0 Å². The first kappa shape index (κ1) is 14.4. The molecule has 0 saturated carbocycles. The van der Waals surface area contributed by atoms with Gasteiger partial charge in [-0.3, -0.25) is 4.98 Å². The lowest BCUT2D eigenvalue weighted by Crippen LogP contribution is -2.00. The fraction of sp³-hybridized carbons (Fsp3) is 0.0476. The summed E-state index contributed by atoms with van der Waals surface area (Å²) in [6, 6.07) is 21.4. The molecule has 3 heteroatoms. The highest BCUT2D eigenvalue weighted by atomic mass is 16.4. The third kappa shape index (κ3) is 2.50. The van der Waals surface area contributed by atoms with Gasteiger partial charge in [-0.1, -0.05) is 48.5 Å². The van der Waals surface area contributed by atoms with Crippen LogP contribution in [0, 0.1) is 0 Å². The number of rotatable bonds is 3. The molecule has 1 heterocycles. The summed E-state index contributed by atoms with van der Waals surface area (Å²) in [5.41, 5.74) is 3.31. The summed E-state index contributed by atoms with van der Waals surface area (Å²) in [5.74, 6) is -0.910. The van der Waals surface area contributed by atoms with Crippen LogP contribution in [0.2, 0.25) is 0 Å². The molecule has 1 N–H and O–H groups in total. The Balaban J connectivity index is 2.00. The van der Waals surface area contributed by atoms with Crippen LogP contribution in [0.4, 0.5) is 0 Å². The van der Waals surface area contributed by atoms with E-state index in [0.717, 1.165) is 32.8 Å². The fourth-order valence-electron chi connectivity index (χ4n) is 3.12. The van der Waals surface area contributed by atoms with Gasteiger partial charge in [0.15, 0.2) is 0 Å². The molecule has 0 amide bonds. The standard InChI is InChI=1S/C21H15NO2/c23-21(24)16-11-15(10-14-6-2-1-3-7-14)19-13-22-20-9-5-4-8-17(20)18(19)12-16/h1-9,11-13H,10H2,(H,23,24). The number of pyridine rings is 1. The quantitative estimate of drug-likeness (QED) is 0.559. The van der Waals surface area contributed by atoms with Gasteiger partial charge in [0.25, 0.3) is 0 Å². The number of aromatic carboxylic acids is 1. The zero-order valence-corrected chi connectivity index (χ0v) is 12.9. The maximum Gasteiger partial charge on any atom is 0.335 e. The Morgan fingerprint density at radius 1 is 0.875 bits per heavy atom. The molecule has 4 rings (SSSR count). The topological polar surface area (TPSA) is 50.2 Å². The molecule has 24 heavy (non-hydrogen) atoms. The van der Waals surface area contributed by atoms with Gasteiger partial charge < -0.3 is 5.11 Å². The summed E-state index contributed by atoms with van der Waals surface area (Å²) in [5, 5.41) is 12.4. The zero-order chi connectivity index (χ0) is 16.5. The Morgan fingerprint density at radius 3 is 2.42 bits per heavy atom. The van der Waals surface area contributed by atoms with Crippen molar-refractivity contribution in [2.45, 2.75) is 6.42 Å². The van der Waals surface area contributed by atoms with Gasteiger partial charge in [-0.05, 0) is 41.1 Å². The predicted molar refractivity (Wildman–Crippen MR) is 95.5 cm³/mol. The monoisotopic (exact) mass is 313 g/mol. The van der Waals surface area contributed by atoms with Gasteiger partial charge in [0.1, 0.15) is 0 Å². The maximum absolute atomic E-state index is 11.6. The van der Waals surface area contributed by atoms with Crippen molar-refractivity contribution in [3.05, 3.63) is 89.6 Å². The van der Waals surface area contributed by atoms with Crippen molar-refractivity contribution in [1.82, 2.24) is 4.98 Å². The third-order valence-corrected chi connectivity index (χ3v) is 4.28. The lowest BCUT2D eigenvalue weighted by atomic mass is 9.95. The van der Waals surface area contributed by atoms with Crippen LogP contribution in [0.1, 0.15) is 21.5 Å². The molecular weight excluding hydrogens is 298 g/mol. The summed E-state index contributed by atoms with van der Waals surface area (Å²) < 4.78 is 0. The first-order chi connectivity index (χ1) is 11.7. The van der Waals surface area contributed by atoms with E-state index in [-0.39, 0.29) is 0 Å². The molecule has 0 aliphatic heterocycles. The van der Waals surface area contributed by atoms with Crippen molar-refractivity contribution in [3.8, 4) is 0 Å². The summed E-state index contributed by atoms with van der Waals surface area (Å²) in [4.78, 5) is 16.1. The van der Waals surface area contributed by atoms with Crippen LogP contribution in [0.15, 0.2) is 72.9 Å². The van der Waals surface area contributed by atoms with Crippen LogP contribution in [0.25, 0.3) is 21.7 Å². The number of fused-ring (bicyclic) bond motifs is 3. The van der Waals surface area contributed by atoms with E-state index in [1.807, 2.05) is 60.8 Å². The van der Waals surface area contributed by atoms with Gasteiger partial charge in [-0.25, -0.2) is 4.79 Å². The number of benzene rings is 3. The van der Waals surface area contributed by atoms with Crippen LogP contribution in [0.5, 0.6) is 0 Å². The maximum atomic E-state index is 11.6. The second-order valence-electron chi connectivity index (χ2n) is 5.84. The molecule has 3 aromatic carbocycles. The predicted octanol–water partition coefficient (Wildman–Crippen LogP) is 4.68. The highest BCUT2D eigenvalue weighted by molar-refractivity contribution is 6.09. The van der Waals surface area contributed by atoms with Crippen LogP contribution in [-0.2, 0) is 6.42 Å². The lowest BCUT2D eigenvalue weighted by molar-refractivity contribution is 0.0697. The number of hydrogen-bond acceptors (Lipinski definition) is 2. The molecule has 0 saturated heterocycles. The molecule has 0 fully saturated rings. The molecule has 0 spiro atoms. The minimum absolute atomic E-state index is 0.310. The average Bonchev–Trinajstić information content (AvgIpc) is 2.62. The molecule has 4 aromatic rings. The van der Waals surface area contributed by atoms with Gasteiger partial charge in [0, 0.05) is 17.0 Å². The Bertz CT molecular complexity index is 1060. The molecule has 1 aromatic heterocycles. The smallest absolute Gasteiger partial charge is 0.335 e. The number of aromatic nitrogens is 1.